The lowest BCUT2D eigenvalue weighted by Gasteiger charge is -2.12. The summed E-state index contributed by atoms with van der Waals surface area (Å²) in [6.45, 7) is 4.41. The lowest BCUT2D eigenvalue weighted by Crippen LogP contribution is -2.00. The third-order valence-electron chi connectivity index (χ3n) is 20.9. The Hall–Kier alpha value is -14.5. The average molecular weight is 1380 g/mol. The van der Waals surface area contributed by atoms with Gasteiger partial charge in [-0.2, -0.15) is 0 Å². The summed E-state index contributed by atoms with van der Waals surface area (Å²) in [5.41, 5.74) is 24.5. The van der Waals surface area contributed by atoms with Crippen molar-refractivity contribution in [2.24, 2.45) is 0 Å². The van der Waals surface area contributed by atoms with Gasteiger partial charge >= 0.3 is 0 Å². The zero-order chi connectivity index (χ0) is 71.8. The third kappa shape index (κ3) is 11.0. The van der Waals surface area contributed by atoms with Crippen LogP contribution in [0.5, 0.6) is 0 Å². The van der Waals surface area contributed by atoms with Crippen LogP contribution in [-0.2, 0) is 0 Å². The Morgan fingerprint density at radius 1 is 0.176 bits per heavy atom. The van der Waals surface area contributed by atoms with E-state index < -0.39 is 0 Å². The number of para-hydroxylation sites is 5. The number of benzene rings is 15. The summed E-state index contributed by atoms with van der Waals surface area (Å²) in [6.07, 6.45) is 0. The predicted octanol–water partition coefficient (Wildman–Crippen LogP) is 24.4. The molecule has 0 spiro atoms. The summed E-state index contributed by atoms with van der Waals surface area (Å²) >= 11 is 0. The zero-order valence-corrected chi connectivity index (χ0v) is 59.1. The van der Waals surface area contributed by atoms with Crippen molar-refractivity contribution in [2.75, 3.05) is 0 Å². The molecule has 0 aliphatic heterocycles. The normalized spacial score (nSPS) is 11.6. The van der Waals surface area contributed by atoms with Crippen LogP contribution in [0, 0.1) is 13.8 Å². The first-order valence-corrected chi connectivity index (χ1v) is 36.5. The molecule has 15 aromatic carbocycles. The van der Waals surface area contributed by atoms with Gasteiger partial charge in [-0.05, 0) is 164 Å². The van der Waals surface area contributed by atoms with Crippen molar-refractivity contribution in [3.8, 4) is 102 Å². The van der Waals surface area contributed by atoms with Crippen LogP contribution in [0.1, 0.15) is 11.1 Å². The Bertz CT molecular complexity index is 6860. The molecule has 508 valence electrons. The number of aromatic nitrogens is 10. The molecule has 10 nitrogen and oxygen atoms in total. The highest BCUT2D eigenvalue weighted by atomic mass is 15.1. The average Bonchev–Trinajstić information content (AvgIpc) is 1.58. The molecule has 0 atom stereocenters. The van der Waals surface area contributed by atoms with Crippen LogP contribution in [0.25, 0.3) is 189 Å². The van der Waals surface area contributed by atoms with Crippen LogP contribution >= 0.6 is 0 Å². The van der Waals surface area contributed by atoms with Gasteiger partial charge < -0.3 is 18.3 Å². The van der Waals surface area contributed by atoms with E-state index in [0.29, 0.717) is 34.9 Å². The Morgan fingerprint density at radius 2 is 0.435 bits per heavy atom. The van der Waals surface area contributed by atoms with Crippen LogP contribution in [0.15, 0.2) is 364 Å². The van der Waals surface area contributed by atoms with E-state index in [1.807, 2.05) is 121 Å². The number of hydrogen-bond acceptors (Lipinski definition) is 6. The number of hydrogen-bond donors (Lipinski definition) is 0. The van der Waals surface area contributed by atoms with E-state index in [9.17, 15) is 0 Å². The molecule has 0 saturated carbocycles. The molecule has 10 heteroatoms. The fraction of sp³-hybridized carbons (Fsp3) is 0.0204. The van der Waals surface area contributed by atoms with Gasteiger partial charge in [-0.15, -0.1) is 0 Å². The summed E-state index contributed by atoms with van der Waals surface area (Å²) in [4.78, 5) is 29.6. The van der Waals surface area contributed by atoms with Gasteiger partial charge in [0.2, 0.25) is 0 Å². The third-order valence-corrected chi connectivity index (χ3v) is 20.9. The molecule has 0 amide bonds. The molecule has 0 N–H and O–H groups in total. The van der Waals surface area contributed by atoms with Crippen LogP contribution < -0.4 is 0 Å². The van der Waals surface area contributed by atoms with Gasteiger partial charge in [0.1, 0.15) is 0 Å². The molecule has 0 fully saturated rings. The van der Waals surface area contributed by atoms with Crippen molar-refractivity contribution in [1.82, 2.24) is 48.2 Å². The second-order valence-corrected chi connectivity index (χ2v) is 27.6. The molecule has 0 aliphatic carbocycles. The first-order chi connectivity index (χ1) is 53.4. The zero-order valence-electron chi connectivity index (χ0n) is 59.1. The van der Waals surface area contributed by atoms with Gasteiger partial charge in [0.05, 0.1) is 44.1 Å². The van der Waals surface area contributed by atoms with E-state index in [2.05, 4.69) is 275 Å². The molecule has 6 heterocycles. The van der Waals surface area contributed by atoms with E-state index >= 15 is 0 Å². The summed E-state index contributed by atoms with van der Waals surface area (Å²) in [7, 11) is 0. The van der Waals surface area contributed by atoms with Crippen LogP contribution in [0.2, 0.25) is 0 Å². The SMILES string of the molecule is Cc1cc(C)c2c(c1)c1cc(-c3ccc4c(c3)c3ccccc3n4-c3ccccc3)ccc1n2-c1ccc(-c2nc(-c3ccccc3)nc(-c3ccccc3)n2)cc1.c1ccc(-c2nc(-c3ccccc3)nc(-c3ccc(-n4c5ccccc5c5cc(-n6c7ccccc7c7ccccc76)ccc54)cc3)n2)cc1. The maximum atomic E-state index is 4.98. The largest absolute Gasteiger partial charge is 0.309 e. The van der Waals surface area contributed by atoms with Gasteiger partial charge in [0, 0.05) is 99.2 Å². The van der Waals surface area contributed by atoms with Gasteiger partial charge in [0.15, 0.2) is 34.9 Å². The monoisotopic (exact) mass is 1380 g/mol. The molecule has 6 aromatic heterocycles. The number of fused-ring (bicyclic) bond motifs is 12. The van der Waals surface area contributed by atoms with Crippen molar-refractivity contribution in [1.29, 1.82) is 0 Å². The van der Waals surface area contributed by atoms with Gasteiger partial charge in [0.25, 0.3) is 0 Å². The number of aryl methyl sites for hydroxylation is 2. The van der Waals surface area contributed by atoms with Gasteiger partial charge in [-0.25, -0.2) is 29.9 Å². The minimum Gasteiger partial charge on any atom is -0.309 e. The van der Waals surface area contributed by atoms with Crippen molar-refractivity contribution < 1.29 is 0 Å². The quantitative estimate of drug-likeness (QED) is 0.128. The van der Waals surface area contributed by atoms with Crippen LogP contribution in [-0.4, -0.2) is 48.2 Å². The van der Waals surface area contributed by atoms with E-state index in [-0.39, 0.29) is 0 Å². The Labute approximate surface area is 622 Å². The van der Waals surface area contributed by atoms with E-state index in [1.165, 1.54) is 98.4 Å². The number of rotatable bonds is 11. The standard InChI is InChI=1S/C53H37N5.C45H29N5/c1-34-30-35(2)50-46(31-34)45-33-40(39-24-28-48-44(32-39)43-20-12-13-21-47(43)57(48)41-18-10-5-11-19-41)25-29-49(45)58(50)42-26-22-38(23-27-42)53-55-51(36-14-6-3-7-15-36)54-52(56-53)37-16-8-4-9-17-37;1-3-13-30(14-4-1)43-46-44(31-15-5-2-6-16-31)48-45(47-43)32-23-25-33(26-24-32)49-41-22-12-9-19-37(41)38-29-34(27-28-42(38)49)50-39-20-10-7-17-35(39)36-18-8-11-21-40(36)50/h3-33H,1-2H3;1-29H. The second-order valence-electron chi connectivity index (χ2n) is 27.6. The van der Waals surface area contributed by atoms with Crippen molar-refractivity contribution in [2.45, 2.75) is 13.8 Å². The molecular weight excluding hydrogens is 1320 g/mol. The van der Waals surface area contributed by atoms with Crippen LogP contribution in [0.4, 0.5) is 0 Å². The minimum absolute atomic E-state index is 0.641. The fourth-order valence-electron chi connectivity index (χ4n) is 16.0. The lowest BCUT2D eigenvalue weighted by molar-refractivity contribution is 1.07. The molecule has 21 aromatic rings. The van der Waals surface area contributed by atoms with Crippen LogP contribution in [0.3, 0.4) is 0 Å². The highest BCUT2D eigenvalue weighted by Crippen LogP contribution is 2.42. The summed E-state index contributed by atoms with van der Waals surface area (Å²) in [6, 6.07) is 128. The summed E-state index contributed by atoms with van der Waals surface area (Å²) < 4.78 is 9.50. The second kappa shape index (κ2) is 26.3. The van der Waals surface area contributed by atoms with E-state index in [1.54, 1.807) is 0 Å². The maximum absolute atomic E-state index is 4.98. The summed E-state index contributed by atoms with van der Waals surface area (Å²) in [5.74, 6) is 3.89. The van der Waals surface area contributed by atoms with Gasteiger partial charge in [-0.1, -0.05) is 236 Å². The van der Waals surface area contributed by atoms with E-state index in [4.69, 9.17) is 29.9 Å². The van der Waals surface area contributed by atoms with Crippen molar-refractivity contribution in [3.05, 3.63) is 375 Å². The molecule has 0 radical (unpaired) electrons. The molecule has 21 rings (SSSR count). The smallest absolute Gasteiger partial charge is 0.164 e. The van der Waals surface area contributed by atoms with Crippen molar-refractivity contribution in [3.63, 3.8) is 0 Å². The lowest BCUT2D eigenvalue weighted by atomic mass is 10.00. The topological polar surface area (TPSA) is 97.1 Å². The highest BCUT2D eigenvalue weighted by Gasteiger charge is 2.22. The van der Waals surface area contributed by atoms with Gasteiger partial charge in [-0.3, -0.25) is 0 Å². The molecule has 0 unspecified atom stereocenters. The molecule has 0 aliphatic rings. The number of nitrogens with zero attached hydrogens (tertiary/aromatic N) is 10. The first-order valence-electron chi connectivity index (χ1n) is 36.5. The first kappa shape index (κ1) is 63.2. The molecular formula is C98H66N10. The predicted molar refractivity (Wildman–Crippen MR) is 445 cm³/mol. The molecule has 0 bridgehead atoms. The van der Waals surface area contributed by atoms with Crippen molar-refractivity contribution >= 4 is 87.2 Å². The minimum atomic E-state index is 0.641. The Kier molecular flexibility index (Phi) is 15.4. The van der Waals surface area contributed by atoms with E-state index in [0.717, 1.165) is 67.2 Å². The molecule has 0 saturated heterocycles. The Balaban J connectivity index is 0.000000144. The maximum Gasteiger partial charge on any atom is 0.164 e. The summed E-state index contributed by atoms with van der Waals surface area (Å²) in [5, 5.41) is 9.92. The molecule has 108 heavy (non-hydrogen) atoms. The Morgan fingerprint density at radius 3 is 0.833 bits per heavy atom. The fourth-order valence-corrected chi connectivity index (χ4v) is 16.0. The highest BCUT2D eigenvalue weighted by molar-refractivity contribution is 6.15.